The highest BCUT2D eigenvalue weighted by atomic mass is 16.5. The van der Waals surface area contributed by atoms with Crippen molar-refractivity contribution in [1.29, 1.82) is 0 Å². The van der Waals surface area contributed by atoms with Crippen LogP contribution in [0.15, 0.2) is 30.3 Å². The highest BCUT2D eigenvalue weighted by Gasteiger charge is 1.95. The summed E-state index contributed by atoms with van der Waals surface area (Å²) in [7, 11) is 0. The second-order valence-electron chi connectivity index (χ2n) is 4.11. The number of hydrogen-bond acceptors (Lipinski definition) is 2. The molecule has 0 saturated carbocycles. The van der Waals surface area contributed by atoms with E-state index < -0.39 is 0 Å². The number of rotatable bonds is 7. The van der Waals surface area contributed by atoms with Crippen LogP contribution in [0.5, 0.6) is 5.75 Å². The molecule has 0 heterocycles. The van der Waals surface area contributed by atoms with Crippen molar-refractivity contribution < 1.29 is 4.74 Å². The van der Waals surface area contributed by atoms with Crippen LogP contribution in [0.3, 0.4) is 0 Å². The maximum absolute atomic E-state index is 5.47. The van der Waals surface area contributed by atoms with Crippen LogP contribution in [0, 0.1) is 0 Å². The molecular formula is C15H23NO. The molecule has 1 rings (SSSR count). The van der Waals surface area contributed by atoms with E-state index in [1.54, 1.807) is 0 Å². The quantitative estimate of drug-likeness (QED) is 0.778. The lowest BCUT2D eigenvalue weighted by Crippen LogP contribution is -2.24. The van der Waals surface area contributed by atoms with E-state index in [4.69, 9.17) is 4.74 Å². The molecule has 1 atom stereocenters. The summed E-state index contributed by atoms with van der Waals surface area (Å²) in [5, 5.41) is 3.42. The van der Waals surface area contributed by atoms with E-state index in [-0.39, 0.29) is 0 Å². The van der Waals surface area contributed by atoms with Gasteiger partial charge in [-0.05, 0) is 44.5 Å². The fourth-order valence-corrected chi connectivity index (χ4v) is 1.57. The molecule has 0 amide bonds. The van der Waals surface area contributed by atoms with Crippen LogP contribution in [0.1, 0.15) is 32.8 Å². The van der Waals surface area contributed by atoms with Crippen molar-refractivity contribution in [2.45, 2.75) is 33.2 Å². The van der Waals surface area contributed by atoms with E-state index in [1.165, 1.54) is 5.56 Å². The molecule has 1 aromatic carbocycles. The van der Waals surface area contributed by atoms with Crippen molar-refractivity contribution in [2.24, 2.45) is 0 Å². The van der Waals surface area contributed by atoms with E-state index >= 15 is 0 Å². The third-order valence-electron chi connectivity index (χ3n) is 2.46. The van der Waals surface area contributed by atoms with Crippen LogP contribution in [-0.4, -0.2) is 19.2 Å². The summed E-state index contributed by atoms with van der Waals surface area (Å²) in [6, 6.07) is 8.57. The summed E-state index contributed by atoms with van der Waals surface area (Å²) in [5.74, 6) is 0.934. The van der Waals surface area contributed by atoms with Crippen LogP contribution in [0.4, 0.5) is 0 Å². The average Bonchev–Trinajstić information content (AvgIpc) is 2.35. The second-order valence-corrected chi connectivity index (χ2v) is 4.11. The maximum atomic E-state index is 5.47. The van der Waals surface area contributed by atoms with Crippen LogP contribution in [0.25, 0.3) is 6.08 Å². The first kappa shape index (κ1) is 13.8. The summed E-state index contributed by atoms with van der Waals surface area (Å²) in [4.78, 5) is 0. The molecule has 0 aromatic heterocycles. The number of nitrogens with one attached hydrogen (secondary N) is 1. The number of benzene rings is 1. The minimum absolute atomic E-state index is 0.408. The Hall–Kier alpha value is -1.28. The third-order valence-corrected chi connectivity index (χ3v) is 2.46. The van der Waals surface area contributed by atoms with Crippen molar-refractivity contribution in [1.82, 2.24) is 5.32 Å². The molecule has 94 valence electrons. The van der Waals surface area contributed by atoms with Crippen molar-refractivity contribution in [3.63, 3.8) is 0 Å². The molecule has 0 saturated heterocycles. The Labute approximate surface area is 105 Å². The molecule has 2 heteroatoms. The third kappa shape index (κ3) is 5.55. The summed E-state index contributed by atoms with van der Waals surface area (Å²) in [5.41, 5.74) is 1.18. The molecule has 0 fully saturated rings. The standard InChI is InChI=1S/C15H23NO/c1-4-11-16-13(3)9-10-14-7-6-8-15(12-14)17-5-2/h6-10,12-13,16H,4-5,11H2,1-3H3/b10-9+. The number of hydrogen-bond donors (Lipinski definition) is 1. The molecule has 0 bridgehead atoms. The van der Waals surface area contributed by atoms with Gasteiger partial charge in [-0.15, -0.1) is 0 Å². The Morgan fingerprint density at radius 2 is 2.18 bits per heavy atom. The minimum atomic E-state index is 0.408. The van der Waals surface area contributed by atoms with Gasteiger partial charge in [-0.25, -0.2) is 0 Å². The van der Waals surface area contributed by atoms with Crippen LogP contribution >= 0.6 is 0 Å². The predicted molar refractivity (Wildman–Crippen MR) is 74.4 cm³/mol. The molecule has 1 unspecified atom stereocenters. The highest BCUT2D eigenvalue weighted by molar-refractivity contribution is 5.52. The summed E-state index contributed by atoms with van der Waals surface area (Å²) in [6.45, 7) is 8.11. The van der Waals surface area contributed by atoms with Gasteiger partial charge in [-0.3, -0.25) is 0 Å². The van der Waals surface area contributed by atoms with Gasteiger partial charge in [0.05, 0.1) is 6.61 Å². The van der Waals surface area contributed by atoms with E-state index in [0.717, 1.165) is 18.7 Å². The molecule has 2 nitrogen and oxygen atoms in total. The van der Waals surface area contributed by atoms with Gasteiger partial charge in [-0.2, -0.15) is 0 Å². The molecule has 0 aliphatic carbocycles. The zero-order valence-electron chi connectivity index (χ0n) is 11.1. The Morgan fingerprint density at radius 3 is 2.88 bits per heavy atom. The number of ether oxygens (including phenoxy) is 1. The van der Waals surface area contributed by atoms with Crippen LogP contribution < -0.4 is 10.1 Å². The lowest BCUT2D eigenvalue weighted by Gasteiger charge is -2.08. The van der Waals surface area contributed by atoms with Crippen molar-refractivity contribution in [2.75, 3.05) is 13.2 Å². The first-order valence-electron chi connectivity index (χ1n) is 6.40. The summed E-state index contributed by atoms with van der Waals surface area (Å²) < 4.78 is 5.47. The maximum Gasteiger partial charge on any atom is 0.119 e. The monoisotopic (exact) mass is 233 g/mol. The van der Waals surface area contributed by atoms with Gasteiger partial charge in [-0.1, -0.05) is 31.2 Å². The van der Waals surface area contributed by atoms with E-state index in [9.17, 15) is 0 Å². The molecule has 0 radical (unpaired) electrons. The molecule has 0 aliphatic rings. The Morgan fingerprint density at radius 1 is 1.35 bits per heavy atom. The van der Waals surface area contributed by atoms with Crippen molar-refractivity contribution >= 4 is 6.08 Å². The van der Waals surface area contributed by atoms with Crippen molar-refractivity contribution in [3.8, 4) is 5.75 Å². The summed E-state index contributed by atoms with van der Waals surface area (Å²) >= 11 is 0. The van der Waals surface area contributed by atoms with Gasteiger partial charge < -0.3 is 10.1 Å². The fourth-order valence-electron chi connectivity index (χ4n) is 1.57. The first-order chi connectivity index (χ1) is 8.26. The van der Waals surface area contributed by atoms with E-state index in [1.807, 2.05) is 19.1 Å². The van der Waals surface area contributed by atoms with Crippen LogP contribution in [-0.2, 0) is 0 Å². The van der Waals surface area contributed by atoms with Crippen LogP contribution in [0.2, 0.25) is 0 Å². The Kier molecular flexibility index (Phi) is 6.41. The molecule has 0 aliphatic heterocycles. The minimum Gasteiger partial charge on any atom is -0.494 e. The Bertz CT molecular complexity index is 347. The SMILES string of the molecule is CCCNC(C)/C=C/c1cccc(OCC)c1. The van der Waals surface area contributed by atoms with E-state index in [2.05, 4.69) is 43.4 Å². The average molecular weight is 233 g/mol. The first-order valence-corrected chi connectivity index (χ1v) is 6.40. The summed E-state index contributed by atoms with van der Waals surface area (Å²) in [6.07, 6.45) is 5.48. The van der Waals surface area contributed by atoms with E-state index in [0.29, 0.717) is 12.6 Å². The lowest BCUT2D eigenvalue weighted by molar-refractivity contribution is 0.340. The largest absolute Gasteiger partial charge is 0.494 e. The molecule has 1 aromatic rings. The lowest BCUT2D eigenvalue weighted by atomic mass is 10.1. The second kappa shape index (κ2) is 7.91. The molecule has 1 N–H and O–H groups in total. The predicted octanol–water partition coefficient (Wildman–Crippen LogP) is 3.49. The van der Waals surface area contributed by atoms with Gasteiger partial charge in [0.1, 0.15) is 5.75 Å². The zero-order chi connectivity index (χ0) is 12.5. The topological polar surface area (TPSA) is 21.3 Å². The normalized spacial score (nSPS) is 12.9. The fraction of sp³-hybridized carbons (Fsp3) is 0.467. The van der Waals surface area contributed by atoms with Crippen molar-refractivity contribution in [3.05, 3.63) is 35.9 Å². The zero-order valence-corrected chi connectivity index (χ0v) is 11.1. The van der Waals surface area contributed by atoms with Gasteiger partial charge >= 0.3 is 0 Å². The highest BCUT2D eigenvalue weighted by Crippen LogP contribution is 2.14. The van der Waals surface area contributed by atoms with Gasteiger partial charge in [0.2, 0.25) is 0 Å². The smallest absolute Gasteiger partial charge is 0.119 e. The van der Waals surface area contributed by atoms with Gasteiger partial charge in [0, 0.05) is 6.04 Å². The Balaban J connectivity index is 2.54. The van der Waals surface area contributed by atoms with Gasteiger partial charge in [0.15, 0.2) is 0 Å². The molecule has 17 heavy (non-hydrogen) atoms. The molecule has 0 spiro atoms. The molecular weight excluding hydrogens is 210 g/mol. The van der Waals surface area contributed by atoms with Gasteiger partial charge in [0.25, 0.3) is 0 Å².